The summed E-state index contributed by atoms with van der Waals surface area (Å²) in [6.45, 7) is 1.41. The maximum absolute atomic E-state index is 13.2. The first-order valence-corrected chi connectivity index (χ1v) is 10.8. The number of nitrogens with zero attached hydrogens (tertiary/aromatic N) is 3. The van der Waals surface area contributed by atoms with Gasteiger partial charge in [-0.3, -0.25) is 4.79 Å². The van der Waals surface area contributed by atoms with Crippen molar-refractivity contribution >= 4 is 35.7 Å². The zero-order valence-corrected chi connectivity index (χ0v) is 18.5. The smallest absolute Gasteiger partial charge is 0.232 e. The van der Waals surface area contributed by atoms with Crippen molar-refractivity contribution < 1.29 is 4.79 Å². The van der Waals surface area contributed by atoms with E-state index in [1.54, 1.807) is 6.07 Å². The number of likely N-dealkylation sites (tertiary alicyclic amines) is 1. The summed E-state index contributed by atoms with van der Waals surface area (Å²) >= 11 is 6.22. The molecular weight excluding hydrogens is 421 g/mol. The molecule has 8 heteroatoms. The molecule has 4 rings (SSSR count). The van der Waals surface area contributed by atoms with Gasteiger partial charge in [0.25, 0.3) is 0 Å². The Morgan fingerprint density at radius 3 is 2.53 bits per heavy atom. The maximum atomic E-state index is 13.2. The summed E-state index contributed by atoms with van der Waals surface area (Å²) in [5.74, 6) is 0.328. The number of carbonyl (C=O) groups excluding carboxylic acids is 1. The highest BCUT2D eigenvalue weighted by atomic mass is 35.5. The quantitative estimate of drug-likeness (QED) is 0.741. The molecule has 2 fully saturated rings. The largest absolute Gasteiger partial charge is 0.382 e. The van der Waals surface area contributed by atoms with Gasteiger partial charge in [-0.05, 0) is 68.4 Å². The number of anilines is 1. The van der Waals surface area contributed by atoms with Crippen molar-refractivity contribution in [1.29, 1.82) is 0 Å². The monoisotopic (exact) mass is 449 g/mol. The molecular formula is C22H29Cl2N5O. The van der Waals surface area contributed by atoms with Crippen LogP contribution in [0.5, 0.6) is 0 Å². The average molecular weight is 450 g/mol. The third kappa shape index (κ3) is 4.41. The third-order valence-electron chi connectivity index (χ3n) is 6.72. The molecule has 162 valence electrons. The minimum Gasteiger partial charge on any atom is -0.382 e. The van der Waals surface area contributed by atoms with E-state index in [9.17, 15) is 4.79 Å². The molecule has 2 heterocycles. The van der Waals surface area contributed by atoms with E-state index in [-0.39, 0.29) is 35.7 Å². The lowest BCUT2D eigenvalue weighted by atomic mass is 9.68. The second kappa shape index (κ2) is 9.50. The lowest BCUT2D eigenvalue weighted by Crippen LogP contribution is -2.50. The van der Waals surface area contributed by atoms with Gasteiger partial charge in [0.1, 0.15) is 5.82 Å². The van der Waals surface area contributed by atoms with Crippen molar-refractivity contribution in [2.75, 3.05) is 18.8 Å². The van der Waals surface area contributed by atoms with Crippen molar-refractivity contribution in [3.63, 3.8) is 0 Å². The molecule has 1 aliphatic carbocycles. The van der Waals surface area contributed by atoms with Crippen LogP contribution in [0.4, 0.5) is 5.82 Å². The first-order chi connectivity index (χ1) is 14.0. The van der Waals surface area contributed by atoms with Gasteiger partial charge in [-0.1, -0.05) is 23.7 Å². The van der Waals surface area contributed by atoms with Crippen LogP contribution >= 0.6 is 24.0 Å². The summed E-state index contributed by atoms with van der Waals surface area (Å²) in [6, 6.07) is 11.9. The van der Waals surface area contributed by atoms with E-state index in [4.69, 9.17) is 23.1 Å². The van der Waals surface area contributed by atoms with E-state index < -0.39 is 0 Å². The Balaban J connectivity index is 0.00000256. The molecule has 1 atom stereocenters. The Morgan fingerprint density at radius 2 is 1.90 bits per heavy atom. The topological polar surface area (TPSA) is 98.1 Å². The number of carbonyl (C=O) groups is 1. The van der Waals surface area contributed by atoms with Gasteiger partial charge in [0.15, 0.2) is 0 Å². The summed E-state index contributed by atoms with van der Waals surface area (Å²) in [4.78, 5) is 15.3. The number of rotatable bonds is 4. The average Bonchev–Trinajstić information content (AvgIpc) is 2.75. The fourth-order valence-electron chi connectivity index (χ4n) is 4.97. The first-order valence-electron chi connectivity index (χ1n) is 10.4. The van der Waals surface area contributed by atoms with Gasteiger partial charge in [-0.25, -0.2) is 0 Å². The molecule has 0 spiro atoms. The van der Waals surface area contributed by atoms with Gasteiger partial charge >= 0.3 is 0 Å². The molecule has 1 saturated heterocycles. The zero-order valence-electron chi connectivity index (χ0n) is 17.0. The summed E-state index contributed by atoms with van der Waals surface area (Å²) in [6.07, 6.45) is 5.63. The summed E-state index contributed by atoms with van der Waals surface area (Å²) in [7, 11) is 0. The number of halogens is 2. The normalized spacial score (nSPS) is 26.9. The third-order valence-corrected chi connectivity index (χ3v) is 6.95. The molecule has 2 aromatic rings. The van der Waals surface area contributed by atoms with Gasteiger partial charge in [0.05, 0.1) is 11.6 Å². The highest BCUT2D eigenvalue weighted by molar-refractivity contribution is 6.30. The first kappa shape index (κ1) is 22.8. The lowest BCUT2D eigenvalue weighted by molar-refractivity contribution is -0.139. The zero-order chi connectivity index (χ0) is 20.4. The predicted molar refractivity (Wildman–Crippen MR) is 122 cm³/mol. The van der Waals surface area contributed by atoms with E-state index >= 15 is 0 Å². The molecule has 0 bridgehead atoms. The predicted octanol–water partition coefficient (Wildman–Crippen LogP) is 3.68. The Kier molecular flexibility index (Phi) is 7.22. The van der Waals surface area contributed by atoms with E-state index in [1.807, 2.05) is 24.3 Å². The number of hydrogen-bond acceptors (Lipinski definition) is 5. The van der Waals surface area contributed by atoms with Crippen LogP contribution < -0.4 is 11.5 Å². The van der Waals surface area contributed by atoms with Crippen molar-refractivity contribution in [1.82, 2.24) is 15.1 Å². The van der Waals surface area contributed by atoms with Gasteiger partial charge in [0, 0.05) is 29.6 Å². The molecule has 1 amide bonds. The standard InChI is InChI=1S/C22H28ClN5O.ClH/c23-16-4-1-3-15(13-16)22(14-24)10-8-17(9-11-22)28-12-2-5-18(21(28)29)19-6-7-20(25)27-26-19;/h1,3-4,6-7,13,17-18H,2,5,8-12,14,24H2,(H2,25,27);1H. The van der Waals surface area contributed by atoms with E-state index in [2.05, 4.69) is 21.2 Å². The molecule has 4 N–H and O–H groups in total. The SMILES string of the molecule is Cl.NCC1(c2cccc(Cl)c2)CCC(N2CCCC(c3ccc(N)nn3)C2=O)CC1. The maximum Gasteiger partial charge on any atom is 0.232 e. The number of hydrogen-bond donors (Lipinski definition) is 2. The summed E-state index contributed by atoms with van der Waals surface area (Å²) < 4.78 is 0. The van der Waals surface area contributed by atoms with Crippen LogP contribution in [0.3, 0.4) is 0 Å². The van der Waals surface area contributed by atoms with Crippen molar-refractivity contribution in [3.8, 4) is 0 Å². The van der Waals surface area contributed by atoms with Crippen LogP contribution in [0, 0.1) is 0 Å². The molecule has 1 aliphatic heterocycles. The number of piperidine rings is 1. The molecule has 1 aromatic carbocycles. The summed E-state index contributed by atoms with van der Waals surface area (Å²) in [5, 5.41) is 8.84. The van der Waals surface area contributed by atoms with Crippen molar-refractivity contribution in [2.24, 2.45) is 5.73 Å². The van der Waals surface area contributed by atoms with E-state index in [0.29, 0.717) is 12.4 Å². The van der Waals surface area contributed by atoms with Crippen LogP contribution in [0.1, 0.15) is 55.7 Å². The second-order valence-corrected chi connectivity index (χ2v) is 8.77. The number of aromatic nitrogens is 2. The number of nitrogen functional groups attached to an aromatic ring is 1. The Hall–Kier alpha value is -1.89. The van der Waals surface area contributed by atoms with E-state index in [0.717, 1.165) is 55.8 Å². The number of benzene rings is 1. The number of amides is 1. The van der Waals surface area contributed by atoms with Crippen LogP contribution in [0.2, 0.25) is 5.02 Å². The molecule has 2 aliphatic rings. The highest BCUT2D eigenvalue weighted by Crippen LogP contribution is 2.42. The molecule has 1 aromatic heterocycles. The minimum absolute atomic E-state index is 0. The highest BCUT2D eigenvalue weighted by Gasteiger charge is 2.41. The number of nitrogens with two attached hydrogens (primary N) is 2. The van der Waals surface area contributed by atoms with Crippen molar-refractivity contribution in [3.05, 3.63) is 52.7 Å². The molecule has 0 radical (unpaired) electrons. The molecule has 30 heavy (non-hydrogen) atoms. The Bertz CT molecular complexity index is 868. The lowest BCUT2D eigenvalue weighted by Gasteiger charge is -2.45. The van der Waals surface area contributed by atoms with Crippen molar-refractivity contribution in [2.45, 2.75) is 55.9 Å². The Labute approximate surface area is 188 Å². The van der Waals surface area contributed by atoms with Crippen LogP contribution in [-0.4, -0.2) is 40.1 Å². The van der Waals surface area contributed by atoms with Gasteiger partial charge in [0.2, 0.25) is 5.91 Å². The van der Waals surface area contributed by atoms with Gasteiger partial charge in [-0.15, -0.1) is 17.5 Å². The summed E-state index contributed by atoms with van der Waals surface area (Å²) in [5.41, 5.74) is 13.8. The molecule has 6 nitrogen and oxygen atoms in total. The Morgan fingerprint density at radius 1 is 1.13 bits per heavy atom. The van der Waals surface area contributed by atoms with E-state index in [1.165, 1.54) is 5.56 Å². The fraction of sp³-hybridized carbons (Fsp3) is 0.500. The van der Waals surface area contributed by atoms with Crippen LogP contribution in [0.15, 0.2) is 36.4 Å². The molecule has 1 saturated carbocycles. The van der Waals surface area contributed by atoms with Gasteiger partial charge in [-0.2, -0.15) is 5.10 Å². The fourth-order valence-corrected chi connectivity index (χ4v) is 5.16. The second-order valence-electron chi connectivity index (χ2n) is 8.34. The van der Waals surface area contributed by atoms with Crippen LogP contribution in [0.25, 0.3) is 0 Å². The molecule has 1 unspecified atom stereocenters. The minimum atomic E-state index is -0.217. The van der Waals surface area contributed by atoms with Crippen LogP contribution in [-0.2, 0) is 10.2 Å². The van der Waals surface area contributed by atoms with Gasteiger partial charge < -0.3 is 16.4 Å².